The van der Waals surface area contributed by atoms with Crippen LogP contribution in [0.3, 0.4) is 0 Å². The molecule has 0 aliphatic carbocycles. The number of halogens is 3. The highest BCUT2D eigenvalue weighted by Gasteiger charge is 2.36. The zero-order chi connectivity index (χ0) is 12.5. The topological polar surface area (TPSA) is 28.2 Å². The molecule has 0 saturated carbocycles. The van der Waals surface area contributed by atoms with E-state index in [0.29, 0.717) is 19.6 Å². The molecule has 6 heteroatoms. The van der Waals surface area contributed by atoms with Gasteiger partial charge in [-0.1, -0.05) is 0 Å². The minimum absolute atomic E-state index is 0.0137. The molecule has 2 heterocycles. The molecule has 1 aliphatic heterocycles. The van der Waals surface area contributed by atoms with E-state index < -0.39 is 11.7 Å². The van der Waals surface area contributed by atoms with Crippen molar-refractivity contribution in [1.29, 1.82) is 0 Å². The summed E-state index contributed by atoms with van der Waals surface area (Å²) in [6.07, 6.45) is -2.95. The molecule has 1 saturated heterocycles. The van der Waals surface area contributed by atoms with E-state index in [2.05, 4.69) is 10.3 Å². The summed E-state index contributed by atoms with van der Waals surface area (Å²) in [5, 5.41) is 3.14. The SMILES string of the molecule is CC1CNCCN1c1ncccc1C(F)(F)F. The van der Waals surface area contributed by atoms with Crippen LogP contribution in [0.25, 0.3) is 0 Å². The average molecular weight is 245 g/mol. The largest absolute Gasteiger partial charge is 0.419 e. The lowest BCUT2D eigenvalue weighted by molar-refractivity contribution is -0.137. The predicted octanol–water partition coefficient (Wildman–Crippen LogP) is 1.90. The fraction of sp³-hybridized carbons (Fsp3) is 0.545. The minimum Gasteiger partial charge on any atom is -0.351 e. The highest BCUT2D eigenvalue weighted by atomic mass is 19.4. The summed E-state index contributed by atoms with van der Waals surface area (Å²) in [7, 11) is 0. The van der Waals surface area contributed by atoms with Gasteiger partial charge in [-0.25, -0.2) is 4.98 Å². The van der Waals surface area contributed by atoms with Gasteiger partial charge >= 0.3 is 6.18 Å². The Hall–Kier alpha value is -1.30. The zero-order valence-corrected chi connectivity index (χ0v) is 9.46. The van der Waals surface area contributed by atoms with E-state index in [1.807, 2.05) is 6.92 Å². The summed E-state index contributed by atoms with van der Waals surface area (Å²) in [5.74, 6) is 0.0361. The Morgan fingerprint density at radius 1 is 1.47 bits per heavy atom. The van der Waals surface area contributed by atoms with Crippen molar-refractivity contribution in [3.05, 3.63) is 23.9 Å². The molecule has 1 atom stereocenters. The molecule has 3 nitrogen and oxygen atoms in total. The van der Waals surface area contributed by atoms with Crippen molar-refractivity contribution in [3.8, 4) is 0 Å². The molecule has 0 bridgehead atoms. The third kappa shape index (κ3) is 2.52. The number of pyridine rings is 1. The van der Waals surface area contributed by atoms with Crippen LogP contribution >= 0.6 is 0 Å². The molecular weight excluding hydrogens is 231 g/mol. The second-order valence-electron chi connectivity index (χ2n) is 4.12. The summed E-state index contributed by atoms with van der Waals surface area (Å²) >= 11 is 0. The summed E-state index contributed by atoms with van der Waals surface area (Å²) in [4.78, 5) is 5.61. The number of nitrogens with one attached hydrogen (secondary N) is 1. The number of anilines is 1. The van der Waals surface area contributed by atoms with Gasteiger partial charge in [-0.15, -0.1) is 0 Å². The smallest absolute Gasteiger partial charge is 0.351 e. The molecular formula is C11H14F3N3. The van der Waals surface area contributed by atoms with Crippen molar-refractivity contribution < 1.29 is 13.2 Å². The molecule has 0 spiro atoms. The van der Waals surface area contributed by atoms with E-state index >= 15 is 0 Å². The highest BCUT2D eigenvalue weighted by molar-refractivity contribution is 5.49. The molecule has 1 N–H and O–H groups in total. The van der Waals surface area contributed by atoms with Crippen molar-refractivity contribution in [3.63, 3.8) is 0 Å². The second kappa shape index (κ2) is 4.52. The average Bonchev–Trinajstić information content (AvgIpc) is 2.28. The van der Waals surface area contributed by atoms with Gasteiger partial charge < -0.3 is 10.2 Å². The van der Waals surface area contributed by atoms with Crippen molar-refractivity contribution in [2.24, 2.45) is 0 Å². The van der Waals surface area contributed by atoms with Crippen LogP contribution in [0, 0.1) is 0 Å². The van der Waals surface area contributed by atoms with Crippen molar-refractivity contribution in [2.75, 3.05) is 24.5 Å². The van der Waals surface area contributed by atoms with Crippen LogP contribution in [0.4, 0.5) is 19.0 Å². The van der Waals surface area contributed by atoms with E-state index in [0.717, 1.165) is 6.07 Å². The first kappa shape index (κ1) is 12.2. The van der Waals surface area contributed by atoms with Gasteiger partial charge in [0.1, 0.15) is 5.82 Å². The standard InChI is InChI=1S/C11H14F3N3/c1-8-7-15-5-6-17(8)10-9(11(12,13)14)3-2-4-16-10/h2-4,8,15H,5-7H2,1H3. The van der Waals surface area contributed by atoms with Gasteiger partial charge in [0, 0.05) is 31.9 Å². The van der Waals surface area contributed by atoms with Crippen LogP contribution in [0.15, 0.2) is 18.3 Å². The maximum Gasteiger partial charge on any atom is 0.419 e. The van der Waals surface area contributed by atoms with Crippen LogP contribution in [0.5, 0.6) is 0 Å². The van der Waals surface area contributed by atoms with Crippen LogP contribution in [0.1, 0.15) is 12.5 Å². The second-order valence-corrected chi connectivity index (χ2v) is 4.12. The Labute approximate surface area is 97.6 Å². The summed E-state index contributed by atoms with van der Waals surface area (Å²) in [6.45, 7) is 3.79. The fourth-order valence-corrected chi connectivity index (χ4v) is 2.00. The van der Waals surface area contributed by atoms with Gasteiger partial charge in [-0.2, -0.15) is 13.2 Å². The zero-order valence-electron chi connectivity index (χ0n) is 9.46. The van der Waals surface area contributed by atoms with Crippen LogP contribution in [-0.4, -0.2) is 30.7 Å². The van der Waals surface area contributed by atoms with Gasteiger partial charge in [0.15, 0.2) is 0 Å². The molecule has 2 rings (SSSR count). The third-order valence-corrected chi connectivity index (χ3v) is 2.87. The summed E-state index contributed by atoms with van der Waals surface area (Å²) in [6, 6.07) is 2.41. The van der Waals surface area contributed by atoms with Gasteiger partial charge in [-0.05, 0) is 19.1 Å². The first-order valence-corrected chi connectivity index (χ1v) is 5.49. The lowest BCUT2D eigenvalue weighted by atomic mass is 10.1. The molecule has 0 amide bonds. The normalized spacial score (nSPS) is 21.6. The van der Waals surface area contributed by atoms with E-state index in [1.54, 1.807) is 4.90 Å². The van der Waals surface area contributed by atoms with Gasteiger partial charge in [0.2, 0.25) is 0 Å². The van der Waals surface area contributed by atoms with Crippen LogP contribution in [0.2, 0.25) is 0 Å². The number of piperazine rings is 1. The molecule has 0 aromatic carbocycles. The fourth-order valence-electron chi connectivity index (χ4n) is 2.00. The lowest BCUT2D eigenvalue weighted by Crippen LogP contribution is -2.50. The third-order valence-electron chi connectivity index (χ3n) is 2.87. The molecule has 0 radical (unpaired) electrons. The maximum absolute atomic E-state index is 12.8. The van der Waals surface area contributed by atoms with Crippen LogP contribution in [-0.2, 0) is 6.18 Å². The number of hydrogen-bond acceptors (Lipinski definition) is 3. The van der Waals surface area contributed by atoms with Gasteiger partial charge in [0.05, 0.1) is 5.56 Å². The Morgan fingerprint density at radius 2 is 2.24 bits per heavy atom. The van der Waals surface area contributed by atoms with E-state index in [4.69, 9.17) is 0 Å². The highest BCUT2D eigenvalue weighted by Crippen LogP contribution is 2.35. The van der Waals surface area contributed by atoms with Crippen molar-refractivity contribution >= 4 is 5.82 Å². The van der Waals surface area contributed by atoms with E-state index in [-0.39, 0.29) is 11.9 Å². The number of nitrogens with zero attached hydrogens (tertiary/aromatic N) is 2. The van der Waals surface area contributed by atoms with Gasteiger partial charge in [-0.3, -0.25) is 0 Å². The minimum atomic E-state index is -4.35. The maximum atomic E-state index is 12.8. The lowest BCUT2D eigenvalue weighted by Gasteiger charge is -2.36. The first-order chi connectivity index (χ1) is 8.00. The molecule has 1 fully saturated rings. The number of hydrogen-bond donors (Lipinski definition) is 1. The number of alkyl halides is 3. The number of rotatable bonds is 1. The van der Waals surface area contributed by atoms with Crippen molar-refractivity contribution in [1.82, 2.24) is 10.3 Å². The Morgan fingerprint density at radius 3 is 2.88 bits per heavy atom. The summed E-state index contributed by atoms with van der Waals surface area (Å²) < 4.78 is 38.5. The molecule has 17 heavy (non-hydrogen) atoms. The van der Waals surface area contributed by atoms with Gasteiger partial charge in [0.25, 0.3) is 0 Å². The quantitative estimate of drug-likeness (QED) is 0.819. The summed E-state index contributed by atoms with van der Waals surface area (Å²) in [5.41, 5.74) is -0.659. The Balaban J connectivity index is 2.37. The first-order valence-electron chi connectivity index (χ1n) is 5.49. The molecule has 1 aromatic rings. The predicted molar refractivity (Wildman–Crippen MR) is 58.9 cm³/mol. The number of aromatic nitrogens is 1. The van der Waals surface area contributed by atoms with Crippen LogP contribution < -0.4 is 10.2 Å². The Bertz CT molecular complexity index is 392. The Kier molecular flexibility index (Phi) is 3.24. The molecule has 1 aliphatic rings. The van der Waals surface area contributed by atoms with E-state index in [9.17, 15) is 13.2 Å². The van der Waals surface area contributed by atoms with E-state index in [1.165, 1.54) is 12.3 Å². The van der Waals surface area contributed by atoms with Crippen molar-refractivity contribution in [2.45, 2.75) is 19.1 Å². The molecule has 94 valence electrons. The molecule has 1 aromatic heterocycles. The monoisotopic (exact) mass is 245 g/mol. The molecule has 1 unspecified atom stereocenters.